The number of nitrogens with one attached hydrogen (secondary N) is 1. The Kier molecular flexibility index (Phi) is 4.56. The molecule has 0 spiro atoms. The lowest BCUT2D eigenvalue weighted by atomic mass is 10.1. The largest absolute Gasteiger partial charge is 0.336 e. The van der Waals surface area contributed by atoms with E-state index in [0.29, 0.717) is 0 Å². The van der Waals surface area contributed by atoms with Crippen molar-refractivity contribution < 1.29 is 19.2 Å². The number of hydrogen-bond donors (Lipinski definition) is 1. The summed E-state index contributed by atoms with van der Waals surface area (Å²) in [5, 5.41) is 2.20. The average Bonchev–Trinajstić information content (AvgIpc) is 2.65. The van der Waals surface area contributed by atoms with E-state index in [1.165, 1.54) is 9.80 Å². The first kappa shape index (κ1) is 17.7. The molecule has 0 radical (unpaired) electrons. The quantitative estimate of drug-likeness (QED) is 0.366. The molecule has 0 unspecified atom stereocenters. The highest BCUT2D eigenvalue weighted by Gasteiger charge is 2.48. The normalized spacial score (nSPS) is 23.3. The fourth-order valence-electron chi connectivity index (χ4n) is 1.58. The topological polar surface area (TPSA) is 90.0 Å². The number of nitrogens with zero attached hydrogens (tertiary/aromatic N) is 3. The van der Waals surface area contributed by atoms with Gasteiger partial charge in [0.15, 0.2) is 0 Å². The minimum Gasteiger partial charge on any atom is -0.313 e. The minimum absolute atomic E-state index is 0.161. The Morgan fingerprint density at radius 1 is 0.905 bits per heavy atom. The summed E-state index contributed by atoms with van der Waals surface area (Å²) in [5.74, 6) is -0.398. The summed E-state index contributed by atoms with van der Waals surface area (Å²) in [4.78, 5) is 47.0. The number of halogens is 1. The van der Waals surface area contributed by atoms with Crippen LogP contribution in [-0.4, -0.2) is 62.0 Å². The van der Waals surface area contributed by atoms with Crippen LogP contribution in [0.4, 0.5) is 9.59 Å². The summed E-state index contributed by atoms with van der Waals surface area (Å²) in [5.41, 5.74) is -1.37. The third-order valence-corrected chi connectivity index (χ3v) is 4.77. The second-order valence-electron chi connectivity index (χ2n) is 5.86. The summed E-state index contributed by atoms with van der Waals surface area (Å²) in [6.45, 7) is 6.86. The van der Waals surface area contributed by atoms with E-state index in [2.05, 4.69) is 5.32 Å². The van der Waals surface area contributed by atoms with Crippen LogP contribution >= 0.6 is 22.9 Å². The zero-order valence-electron chi connectivity index (χ0n) is 12.9. The number of rotatable bonds is 0. The Balaban J connectivity index is 0.000000211. The summed E-state index contributed by atoms with van der Waals surface area (Å²) in [6, 6.07) is -0.574. The van der Waals surface area contributed by atoms with E-state index in [4.69, 9.17) is 0 Å². The summed E-state index contributed by atoms with van der Waals surface area (Å²) < 4.78 is 1.11. The molecule has 0 saturated carbocycles. The van der Waals surface area contributed by atoms with E-state index < -0.39 is 11.1 Å². The Bertz CT molecular complexity index is 517. The number of urea groups is 2. The molecule has 118 valence electrons. The first-order chi connectivity index (χ1) is 9.35. The van der Waals surface area contributed by atoms with Gasteiger partial charge in [-0.2, -0.15) is 0 Å². The van der Waals surface area contributed by atoms with E-state index in [0.717, 1.165) is 3.11 Å². The van der Waals surface area contributed by atoms with Crippen molar-refractivity contribution in [3.05, 3.63) is 0 Å². The van der Waals surface area contributed by atoms with Gasteiger partial charge in [0.2, 0.25) is 0 Å². The van der Waals surface area contributed by atoms with Crippen molar-refractivity contribution in [1.29, 1.82) is 0 Å². The number of carbonyl (C=O) groups excluding carboxylic acids is 4. The standard InChI is InChI=1S/C6H9IN2O2.C6H10N2O2/c1-6(2)4(10)9(7)5(11)8(6)3;1-6(2)4(9)7-5(10)8(6)3/h1-3H3;1-3H3,(H,7,9,10). The molecular weight excluding hydrogens is 391 g/mol. The Morgan fingerprint density at radius 3 is 1.48 bits per heavy atom. The number of hydrogen-bond acceptors (Lipinski definition) is 4. The molecule has 21 heavy (non-hydrogen) atoms. The summed E-state index contributed by atoms with van der Waals surface area (Å²) in [6.07, 6.45) is 0. The third-order valence-electron chi connectivity index (χ3n) is 3.91. The van der Waals surface area contributed by atoms with Crippen LogP contribution in [0.2, 0.25) is 0 Å². The lowest BCUT2D eigenvalue weighted by molar-refractivity contribution is -0.127. The van der Waals surface area contributed by atoms with Crippen LogP contribution in [0.1, 0.15) is 27.7 Å². The predicted octanol–water partition coefficient (Wildman–Crippen LogP) is 0.956. The molecule has 2 aliphatic rings. The van der Waals surface area contributed by atoms with Crippen molar-refractivity contribution in [3.8, 4) is 0 Å². The van der Waals surface area contributed by atoms with Gasteiger partial charge in [0, 0.05) is 14.1 Å². The van der Waals surface area contributed by atoms with Crippen molar-refractivity contribution in [2.24, 2.45) is 0 Å². The number of imide groups is 2. The molecule has 0 atom stereocenters. The van der Waals surface area contributed by atoms with Crippen LogP contribution in [-0.2, 0) is 9.59 Å². The molecule has 2 saturated heterocycles. The zero-order chi connectivity index (χ0) is 16.7. The van der Waals surface area contributed by atoms with E-state index in [-0.39, 0.29) is 23.9 Å². The van der Waals surface area contributed by atoms with Gasteiger partial charge < -0.3 is 9.80 Å². The molecule has 2 rings (SSSR count). The predicted molar refractivity (Wildman–Crippen MR) is 83.5 cm³/mol. The zero-order valence-corrected chi connectivity index (χ0v) is 15.0. The number of amides is 6. The molecule has 0 aliphatic carbocycles. The number of likely N-dealkylation sites (N-methyl/N-ethyl adjacent to an activating group) is 2. The molecule has 2 fully saturated rings. The maximum atomic E-state index is 11.3. The van der Waals surface area contributed by atoms with Crippen molar-refractivity contribution in [3.63, 3.8) is 0 Å². The van der Waals surface area contributed by atoms with Crippen LogP contribution < -0.4 is 5.32 Å². The van der Waals surface area contributed by atoms with Gasteiger partial charge in [-0.05, 0) is 27.7 Å². The van der Waals surface area contributed by atoms with Crippen LogP contribution in [0.3, 0.4) is 0 Å². The first-order valence-electron chi connectivity index (χ1n) is 6.22. The Hall–Kier alpha value is -1.39. The van der Waals surface area contributed by atoms with Gasteiger partial charge in [-0.15, -0.1) is 0 Å². The summed E-state index contributed by atoms with van der Waals surface area (Å²) >= 11 is 1.72. The highest BCUT2D eigenvalue weighted by molar-refractivity contribution is 14.1. The van der Waals surface area contributed by atoms with Gasteiger partial charge in [-0.25, -0.2) is 12.7 Å². The minimum atomic E-state index is -0.683. The molecule has 9 heteroatoms. The van der Waals surface area contributed by atoms with Gasteiger partial charge in [-0.3, -0.25) is 14.9 Å². The average molecular weight is 410 g/mol. The number of carbonyl (C=O) groups is 4. The van der Waals surface area contributed by atoms with E-state index in [1.54, 1.807) is 64.7 Å². The van der Waals surface area contributed by atoms with Crippen LogP contribution in [0.25, 0.3) is 0 Å². The lowest BCUT2D eigenvalue weighted by Gasteiger charge is -2.22. The molecule has 6 amide bonds. The van der Waals surface area contributed by atoms with Gasteiger partial charge >= 0.3 is 12.1 Å². The monoisotopic (exact) mass is 410 g/mol. The van der Waals surface area contributed by atoms with E-state index in [1.807, 2.05) is 0 Å². The lowest BCUT2D eigenvalue weighted by Crippen LogP contribution is -2.41. The fourth-order valence-corrected chi connectivity index (χ4v) is 2.50. The summed E-state index contributed by atoms with van der Waals surface area (Å²) in [7, 11) is 3.22. The van der Waals surface area contributed by atoms with Gasteiger partial charge in [0.05, 0.1) is 22.9 Å². The van der Waals surface area contributed by atoms with Crippen molar-refractivity contribution in [2.45, 2.75) is 38.8 Å². The molecular formula is C12H19IN4O4. The highest BCUT2D eigenvalue weighted by Crippen LogP contribution is 2.27. The fraction of sp³-hybridized carbons (Fsp3) is 0.667. The molecule has 0 aromatic rings. The molecule has 0 aromatic heterocycles. The van der Waals surface area contributed by atoms with Crippen molar-refractivity contribution in [1.82, 2.24) is 18.2 Å². The second kappa shape index (κ2) is 5.43. The highest BCUT2D eigenvalue weighted by atomic mass is 127. The molecule has 2 aliphatic heterocycles. The Morgan fingerprint density at radius 2 is 1.38 bits per heavy atom. The van der Waals surface area contributed by atoms with Gasteiger partial charge in [0.1, 0.15) is 11.1 Å². The Labute approximate surface area is 137 Å². The molecule has 8 nitrogen and oxygen atoms in total. The molecule has 0 bridgehead atoms. The van der Waals surface area contributed by atoms with E-state index >= 15 is 0 Å². The van der Waals surface area contributed by atoms with E-state index in [9.17, 15) is 19.2 Å². The van der Waals surface area contributed by atoms with Crippen molar-refractivity contribution in [2.75, 3.05) is 14.1 Å². The van der Waals surface area contributed by atoms with Crippen LogP contribution in [0, 0.1) is 0 Å². The molecule has 1 N–H and O–H groups in total. The maximum absolute atomic E-state index is 11.3. The maximum Gasteiger partial charge on any atom is 0.336 e. The first-order valence-corrected chi connectivity index (χ1v) is 7.19. The van der Waals surface area contributed by atoms with Crippen LogP contribution in [0.15, 0.2) is 0 Å². The van der Waals surface area contributed by atoms with Gasteiger partial charge in [0.25, 0.3) is 11.8 Å². The molecule has 2 heterocycles. The SMILES string of the molecule is CN1C(=O)N(I)C(=O)C1(C)C.CN1C(=O)NC(=O)C1(C)C. The van der Waals surface area contributed by atoms with Gasteiger partial charge in [-0.1, -0.05) is 0 Å². The molecule has 0 aromatic carbocycles. The third kappa shape index (κ3) is 2.83. The van der Waals surface area contributed by atoms with Crippen molar-refractivity contribution >= 4 is 46.7 Å². The second-order valence-corrected chi connectivity index (χ2v) is 6.83. The van der Waals surface area contributed by atoms with Crippen LogP contribution in [0.5, 0.6) is 0 Å². The smallest absolute Gasteiger partial charge is 0.313 e.